The topological polar surface area (TPSA) is 134 Å². The van der Waals surface area contributed by atoms with Gasteiger partial charge in [-0.05, 0) is 32.9 Å². The average molecular weight is 440 g/mol. The van der Waals surface area contributed by atoms with Gasteiger partial charge in [0.15, 0.2) is 0 Å². The van der Waals surface area contributed by atoms with Crippen LogP contribution in [0.4, 0.5) is 10.5 Å². The van der Waals surface area contributed by atoms with E-state index in [2.05, 4.69) is 16.6 Å². The molecule has 1 N–H and O–H groups in total. The molecule has 1 rings (SSSR count). The molecule has 0 saturated heterocycles. The number of thioether (sulfide) groups is 1. The minimum Gasteiger partial charge on any atom is -0.467 e. The van der Waals surface area contributed by atoms with E-state index < -0.39 is 34.6 Å². The van der Waals surface area contributed by atoms with Crippen LogP contribution in [0.1, 0.15) is 31.1 Å². The molecule has 0 fully saturated rings. The van der Waals surface area contributed by atoms with E-state index in [4.69, 9.17) is 9.47 Å². The molecule has 0 aliphatic rings. The third-order valence-electron chi connectivity index (χ3n) is 3.31. The van der Waals surface area contributed by atoms with E-state index in [0.717, 1.165) is 24.9 Å². The minimum atomic E-state index is -1.10. The number of carbonyl (C=O) groups excluding carboxylic acids is 3. The average Bonchev–Trinajstić information content (AvgIpc) is 2.66. The fourth-order valence-electron chi connectivity index (χ4n) is 2.06. The van der Waals surface area contributed by atoms with Crippen LogP contribution in [0.15, 0.2) is 35.7 Å². The van der Waals surface area contributed by atoms with E-state index in [0.29, 0.717) is 0 Å². The van der Waals surface area contributed by atoms with Gasteiger partial charge in [-0.2, -0.15) is 0 Å². The highest BCUT2D eigenvalue weighted by Crippen LogP contribution is 2.31. The van der Waals surface area contributed by atoms with Gasteiger partial charge in [0.25, 0.3) is 5.69 Å². The highest BCUT2D eigenvalue weighted by molar-refractivity contribution is 7.99. The number of hydrogen-bond acceptors (Lipinski definition) is 9. The van der Waals surface area contributed by atoms with Gasteiger partial charge in [-0.25, -0.2) is 14.4 Å². The molecule has 1 aromatic carbocycles. The summed E-state index contributed by atoms with van der Waals surface area (Å²) in [7, 11) is 1.16. The highest BCUT2D eigenvalue weighted by Gasteiger charge is 2.27. The van der Waals surface area contributed by atoms with Crippen molar-refractivity contribution in [2.45, 2.75) is 37.3 Å². The van der Waals surface area contributed by atoms with E-state index in [1.807, 2.05) is 0 Å². The summed E-state index contributed by atoms with van der Waals surface area (Å²) in [5, 5.41) is 13.8. The van der Waals surface area contributed by atoms with Gasteiger partial charge in [0, 0.05) is 11.8 Å². The van der Waals surface area contributed by atoms with Gasteiger partial charge in [0.1, 0.15) is 18.2 Å². The monoisotopic (exact) mass is 440 g/mol. The number of nitro benzene ring substituents is 1. The molecule has 0 aliphatic carbocycles. The zero-order valence-corrected chi connectivity index (χ0v) is 17.9. The molecule has 0 bridgehead atoms. The predicted molar refractivity (Wildman–Crippen MR) is 109 cm³/mol. The molecule has 0 aliphatic heterocycles. The highest BCUT2D eigenvalue weighted by atomic mass is 32.2. The molecule has 10 nitrogen and oxygen atoms in total. The summed E-state index contributed by atoms with van der Waals surface area (Å²) in [6, 6.07) is 2.72. The summed E-state index contributed by atoms with van der Waals surface area (Å²) in [5.74, 6) is -1.53. The first-order chi connectivity index (χ1) is 14.0. The molecule has 30 heavy (non-hydrogen) atoms. The van der Waals surface area contributed by atoms with E-state index in [9.17, 15) is 24.5 Å². The van der Waals surface area contributed by atoms with Crippen LogP contribution >= 0.6 is 11.8 Å². The van der Waals surface area contributed by atoms with Gasteiger partial charge in [0.05, 0.1) is 22.5 Å². The number of hydrogen-bond donors (Lipinski definition) is 1. The summed E-state index contributed by atoms with van der Waals surface area (Å²) < 4.78 is 14.7. The van der Waals surface area contributed by atoms with E-state index in [1.54, 1.807) is 20.8 Å². The van der Waals surface area contributed by atoms with Crippen molar-refractivity contribution in [1.82, 2.24) is 5.32 Å². The number of nitrogens with zero attached hydrogens (tertiary/aromatic N) is 1. The number of alkyl carbamates (subject to hydrolysis) is 1. The fourth-order valence-corrected chi connectivity index (χ4v) is 3.07. The van der Waals surface area contributed by atoms with Gasteiger partial charge in [0.2, 0.25) is 0 Å². The number of benzene rings is 1. The summed E-state index contributed by atoms with van der Waals surface area (Å²) in [6.07, 6.45) is 0.551. The quantitative estimate of drug-likeness (QED) is 0.153. The van der Waals surface area contributed by atoms with Crippen LogP contribution in [-0.2, 0) is 19.0 Å². The number of nitro groups is 1. The van der Waals surface area contributed by atoms with Crippen LogP contribution in [0.25, 0.3) is 0 Å². The smallest absolute Gasteiger partial charge is 0.408 e. The minimum absolute atomic E-state index is 0.00398. The molecular formula is C19H24N2O8S. The number of esters is 2. The molecule has 0 spiro atoms. The van der Waals surface area contributed by atoms with Gasteiger partial charge in [-0.1, -0.05) is 12.7 Å². The molecule has 1 aromatic rings. The maximum absolute atomic E-state index is 12.0. The third-order valence-corrected chi connectivity index (χ3v) is 4.46. The molecule has 0 radical (unpaired) electrons. The van der Waals surface area contributed by atoms with Crippen molar-refractivity contribution in [3.63, 3.8) is 0 Å². The Labute approximate surface area is 178 Å². The van der Waals surface area contributed by atoms with Crippen molar-refractivity contribution in [3.05, 3.63) is 46.5 Å². The molecular weight excluding hydrogens is 416 g/mol. The van der Waals surface area contributed by atoms with Gasteiger partial charge in [-0.3, -0.25) is 10.1 Å². The largest absolute Gasteiger partial charge is 0.467 e. The Kier molecular flexibility index (Phi) is 9.31. The van der Waals surface area contributed by atoms with Crippen LogP contribution < -0.4 is 5.32 Å². The first kappa shape index (κ1) is 25.0. The molecule has 1 atom stereocenters. The summed E-state index contributed by atoms with van der Waals surface area (Å²) in [4.78, 5) is 46.8. The lowest BCUT2D eigenvalue weighted by Crippen LogP contribution is -2.45. The van der Waals surface area contributed by atoms with Crippen LogP contribution in [0, 0.1) is 10.1 Å². The molecule has 164 valence electrons. The zero-order chi connectivity index (χ0) is 22.9. The second-order valence-corrected chi connectivity index (χ2v) is 7.92. The predicted octanol–water partition coefficient (Wildman–Crippen LogP) is 3.10. The molecule has 0 saturated carbocycles. The van der Waals surface area contributed by atoms with Crippen molar-refractivity contribution in [1.29, 1.82) is 0 Å². The van der Waals surface area contributed by atoms with Crippen LogP contribution in [0.3, 0.4) is 0 Å². The number of nitrogens with one attached hydrogen (secondary N) is 1. The van der Waals surface area contributed by atoms with Gasteiger partial charge < -0.3 is 19.5 Å². The van der Waals surface area contributed by atoms with Crippen LogP contribution in [0.2, 0.25) is 0 Å². The Morgan fingerprint density at radius 1 is 1.33 bits per heavy atom. The van der Waals surface area contributed by atoms with Crippen molar-refractivity contribution in [3.8, 4) is 0 Å². The lowest BCUT2D eigenvalue weighted by molar-refractivity contribution is -0.387. The van der Waals surface area contributed by atoms with E-state index >= 15 is 0 Å². The molecule has 0 heterocycles. The zero-order valence-electron chi connectivity index (χ0n) is 17.1. The lowest BCUT2D eigenvalue weighted by atomic mass is 10.2. The molecule has 1 unspecified atom stereocenters. The van der Waals surface area contributed by atoms with E-state index in [-0.39, 0.29) is 28.5 Å². The Morgan fingerprint density at radius 3 is 2.53 bits per heavy atom. The molecule has 0 aromatic heterocycles. The lowest BCUT2D eigenvalue weighted by Gasteiger charge is -2.22. The number of carbonyl (C=O) groups is 3. The Balaban J connectivity index is 2.98. The Hall–Kier alpha value is -3.08. The molecule has 11 heteroatoms. The Bertz CT molecular complexity index is 819. The standard InChI is InChI=1S/C19H24N2O8S/c1-6-9-28-16(22)12-7-8-15(14(10-12)21(25)26)30-11-13(17(23)27-5)20-18(24)29-19(2,3)4/h6-8,10,13H,1,9,11H2,2-5H3,(H,20,24). The maximum atomic E-state index is 12.0. The normalized spacial score (nSPS) is 11.7. The number of amides is 1. The SMILES string of the molecule is C=CCOC(=O)c1ccc(SCC(NC(=O)OC(C)(C)C)C(=O)OC)c([N+](=O)[O-])c1. The van der Waals surface area contributed by atoms with Crippen molar-refractivity contribution in [2.75, 3.05) is 19.5 Å². The van der Waals surface area contributed by atoms with Crippen molar-refractivity contribution < 1.29 is 33.5 Å². The number of methoxy groups -OCH3 is 1. The van der Waals surface area contributed by atoms with Gasteiger partial charge in [-0.15, -0.1) is 11.8 Å². The van der Waals surface area contributed by atoms with E-state index in [1.165, 1.54) is 18.2 Å². The molecule has 1 amide bonds. The van der Waals surface area contributed by atoms with Crippen LogP contribution in [-0.4, -0.2) is 54.1 Å². The summed E-state index contributed by atoms with van der Waals surface area (Å²) in [5.41, 5.74) is -1.11. The first-order valence-electron chi connectivity index (χ1n) is 8.75. The fraction of sp³-hybridized carbons (Fsp3) is 0.421. The first-order valence-corrected chi connectivity index (χ1v) is 9.73. The van der Waals surface area contributed by atoms with Crippen LogP contribution in [0.5, 0.6) is 0 Å². The summed E-state index contributed by atoms with van der Waals surface area (Å²) >= 11 is 0.944. The summed E-state index contributed by atoms with van der Waals surface area (Å²) in [6.45, 7) is 8.39. The van der Waals surface area contributed by atoms with Gasteiger partial charge >= 0.3 is 18.0 Å². The second-order valence-electron chi connectivity index (χ2n) is 6.86. The maximum Gasteiger partial charge on any atom is 0.408 e. The van der Waals surface area contributed by atoms with Crippen molar-refractivity contribution >= 4 is 35.5 Å². The third kappa shape index (κ3) is 8.11. The number of rotatable bonds is 9. The second kappa shape index (κ2) is 11.2. The van der Waals surface area contributed by atoms with Crippen molar-refractivity contribution in [2.24, 2.45) is 0 Å². The number of ether oxygens (including phenoxy) is 3. The Morgan fingerprint density at radius 2 is 2.00 bits per heavy atom.